The topological polar surface area (TPSA) is 89.1 Å². The van der Waals surface area contributed by atoms with Gasteiger partial charge in [-0.1, -0.05) is 11.8 Å². The summed E-state index contributed by atoms with van der Waals surface area (Å²) in [4.78, 5) is 14.6. The molecule has 2 aromatic rings. The lowest BCUT2D eigenvalue weighted by molar-refractivity contribution is -0.136. The van der Waals surface area contributed by atoms with Gasteiger partial charge < -0.3 is 9.52 Å². The van der Waals surface area contributed by atoms with Gasteiger partial charge in [-0.25, -0.2) is 0 Å². The van der Waals surface area contributed by atoms with Gasteiger partial charge in [0.2, 0.25) is 5.89 Å². The molecule has 7 heteroatoms. The molecule has 1 atom stereocenters. The SMILES string of the molecule is CC(Sc1nnc(-c2cccnc2)o1)C(=O)O. The fourth-order valence-corrected chi connectivity index (χ4v) is 1.68. The van der Waals surface area contributed by atoms with Crippen LogP contribution >= 0.6 is 11.8 Å². The van der Waals surface area contributed by atoms with Crippen LogP contribution in [0.5, 0.6) is 0 Å². The molecule has 0 aromatic carbocycles. The number of pyridine rings is 1. The molecule has 88 valence electrons. The van der Waals surface area contributed by atoms with Crippen LogP contribution in [0.3, 0.4) is 0 Å². The van der Waals surface area contributed by atoms with Crippen LogP contribution in [0.25, 0.3) is 11.5 Å². The molecule has 0 fully saturated rings. The highest BCUT2D eigenvalue weighted by atomic mass is 32.2. The number of aromatic nitrogens is 3. The zero-order valence-corrected chi connectivity index (χ0v) is 9.72. The Morgan fingerprint density at radius 2 is 2.35 bits per heavy atom. The Labute approximate surface area is 101 Å². The number of rotatable bonds is 4. The van der Waals surface area contributed by atoms with E-state index < -0.39 is 11.2 Å². The van der Waals surface area contributed by atoms with Crippen molar-refractivity contribution in [2.45, 2.75) is 17.4 Å². The highest BCUT2D eigenvalue weighted by molar-refractivity contribution is 8.00. The van der Waals surface area contributed by atoms with E-state index in [9.17, 15) is 4.79 Å². The second-order valence-electron chi connectivity index (χ2n) is 3.21. The van der Waals surface area contributed by atoms with Crippen LogP contribution in [0.15, 0.2) is 34.2 Å². The van der Waals surface area contributed by atoms with E-state index in [-0.39, 0.29) is 5.22 Å². The van der Waals surface area contributed by atoms with Crippen molar-refractivity contribution in [1.82, 2.24) is 15.2 Å². The molecule has 0 bridgehead atoms. The maximum Gasteiger partial charge on any atom is 0.316 e. The number of thioether (sulfide) groups is 1. The largest absolute Gasteiger partial charge is 0.480 e. The van der Waals surface area contributed by atoms with E-state index in [0.717, 1.165) is 11.8 Å². The van der Waals surface area contributed by atoms with Crippen molar-refractivity contribution in [1.29, 1.82) is 0 Å². The van der Waals surface area contributed by atoms with Crippen LogP contribution < -0.4 is 0 Å². The van der Waals surface area contributed by atoms with Crippen molar-refractivity contribution >= 4 is 17.7 Å². The number of nitrogens with zero attached hydrogens (tertiary/aromatic N) is 3. The molecule has 0 saturated heterocycles. The molecule has 2 aromatic heterocycles. The Hall–Kier alpha value is -1.89. The second-order valence-corrected chi connectivity index (χ2v) is 4.51. The number of hydrogen-bond donors (Lipinski definition) is 1. The summed E-state index contributed by atoms with van der Waals surface area (Å²) in [7, 11) is 0. The summed E-state index contributed by atoms with van der Waals surface area (Å²) in [5.41, 5.74) is 0.704. The molecule has 0 amide bonds. The van der Waals surface area contributed by atoms with Crippen molar-refractivity contribution < 1.29 is 14.3 Å². The molecular formula is C10H9N3O3S. The monoisotopic (exact) mass is 251 g/mol. The smallest absolute Gasteiger partial charge is 0.316 e. The molecule has 0 aliphatic heterocycles. The molecule has 0 saturated carbocycles. The zero-order valence-electron chi connectivity index (χ0n) is 8.90. The number of hydrogen-bond acceptors (Lipinski definition) is 6. The first-order chi connectivity index (χ1) is 8.16. The molecule has 0 aliphatic carbocycles. The summed E-state index contributed by atoms with van der Waals surface area (Å²) < 4.78 is 5.33. The van der Waals surface area contributed by atoms with E-state index in [2.05, 4.69) is 15.2 Å². The summed E-state index contributed by atoms with van der Waals surface area (Å²) in [6, 6.07) is 3.54. The number of aliphatic carboxylic acids is 1. The van der Waals surface area contributed by atoms with Gasteiger partial charge in [-0.3, -0.25) is 9.78 Å². The number of carboxylic acids is 1. The van der Waals surface area contributed by atoms with Crippen LogP contribution in [-0.4, -0.2) is 31.5 Å². The first-order valence-corrected chi connectivity index (χ1v) is 5.68. The van der Waals surface area contributed by atoms with E-state index in [0.29, 0.717) is 11.5 Å². The highest BCUT2D eigenvalue weighted by Crippen LogP contribution is 2.25. The van der Waals surface area contributed by atoms with Gasteiger partial charge in [0, 0.05) is 12.4 Å². The Balaban J connectivity index is 2.14. The normalized spacial score (nSPS) is 12.3. The van der Waals surface area contributed by atoms with Gasteiger partial charge in [0.05, 0.1) is 5.56 Å². The summed E-state index contributed by atoms with van der Waals surface area (Å²) in [5.74, 6) is -0.589. The number of carboxylic acid groups (broad SMARTS) is 1. The van der Waals surface area contributed by atoms with Gasteiger partial charge in [0.25, 0.3) is 5.22 Å². The molecule has 17 heavy (non-hydrogen) atoms. The third kappa shape index (κ3) is 2.82. The minimum Gasteiger partial charge on any atom is -0.480 e. The maximum absolute atomic E-state index is 10.7. The average molecular weight is 251 g/mol. The molecular weight excluding hydrogens is 242 g/mol. The van der Waals surface area contributed by atoms with Crippen molar-refractivity contribution in [3.05, 3.63) is 24.5 Å². The van der Waals surface area contributed by atoms with Gasteiger partial charge in [0.15, 0.2) is 0 Å². The van der Waals surface area contributed by atoms with Crippen LogP contribution in [0, 0.1) is 0 Å². The lowest BCUT2D eigenvalue weighted by Gasteiger charge is -1.99. The minimum atomic E-state index is -0.920. The highest BCUT2D eigenvalue weighted by Gasteiger charge is 2.17. The summed E-state index contributed by atoms with van der Waals surface area (Å²) in [6.45, 7) is 1.56. The summed E-state index contributed by atoms with van der Waals surface area (Å²) in [5, 5.41) is 16.0. The summed E-state index contributed by atoms with van der Waals surface area (Å²) >= 11 is 1.01. The van der Waals surface area contributed by atoms with Crippen LogP contribution in [0.2, 0.25) is 0 Å². The molecule has 6 nitrogen and oxygen atoms in total. The van der Waals surface area contributed by atoms with Crippen molar-refractivity contribution in [3.8, 4) is 11.5 Å². The molecule has 0 radical (unpaired) electrons. The maximum atomic E-state index is 10.7. The van der Waals surface area contributed by atoms with Crippen LogP contribution in [0.4, 0.5) is 0 Å². The van der Waals surface area contributed by atoms with Gasteiger partial charge in [-0.15, -0.1) is 10.2 Å². The second kappa shape index (κ2) is 4.96. The fraction of sp³-hybridized carbons (Fsp3) is 0.200. The van der Waals surface area contributed by atoms with E-state index in [4.69, 9.17) is 9.52 Å². The molecule has 1 unspecified atom stereocenters. The minimum absolute atomic E-state index is 0.235. The van der Waals surface area contributed by atoms with E-state index >= 15 is 0 Å². The summed E-state index contributed by atoms with van der Waals surface area (Å²) in [6.07, 6.45) is 3.24. The predicted octanol–water partition coefficient (Wildman–Crippen LogP) is 1.70. The lowest BCUT2D eigenvalue weighted by Crippen LogP contribution is -2.10. The van der Waals surface area contributed by atoms with E-state index in [1.807, 2.05) is 0 Å². The lowest BCUT2D eigenvalue weighted by atomic mass is 10.3. The van der Waals surface area contributed by atoms with Crippen molar-refractivity contribution in [3.63, 3.8) is 0 Å². The average Bonchev–Trinajstić information content (AvgIpc) is 2.78. The van der Waals surface area contributed by atoms with Crippen molar-refractivity contribution in [2.24, 2.45) is 0 Å². The zero-order chi connectivity index (χ0) is 12.3. The molecule has 0 aliphatic rings. The Morgan fingerprint density at radius 1 is 1.53 bits per heavy atom. The van der Waals surface area contributed by atoms with E-state index in [1.165, 1.54) is 0 Å². The first-order valence-electron chi connectivity index (χ1n) is 4.80. The van der Waals surface area contributed by atoms with Gasteiger partial charge in [-0.2, -0.15) is 0 Å². The third-order valence-electron chi connectivity index (χ3n) is 1.94. The molecule has 1 N–H and O–H groups in total. The van der Waals surface area contributed by atoms with Gasteiger partial charge in [0.1, 0.15) is 5.25 Å². The first kappa shape index (κ1) is 11.6. The third-order valence-corrected chi connectivity index (χ3v) is 2.86. The quantitative estimate of drug-likeness (QED) is 0.827. The standard InChI is InChI=1S/C10H9N3O3S/c1-6(9(14)15)17-10-13-12-8(16-10)7-3-2-4-11-5-7/h2-6H,1H3,(H,14,15). The van der Waals surface area contributed by atoms with Crippen molar-refractivity contribution in [2.75, 3.05) is 0 Å². The molecule has 2 rings (SSSR count). The van der Waals surface area contributed by atoms with Crippen LogP contribution in [-0.2, 0) is 4.79 Å². The van der Waals surface area contributed by atoms with Gasteiger partial charge in [-0.05, 0) is 19.1 Å². The Bertz CT molecular complexity index is 515. The fourth-order valence-electron chi connectivity index (χ4n) is 1.06. The number of carbonyl (C=O) groups is 1. The Morgan fingerprint density at radius 3 is 3.00 bits per heavy atom. The Kier molecular flexibility index (Phi) is 3.38. The van der Waals surface area contributed by atoms with Crippen LogP contribution in [0.1, 0.15) is 6.92 Å². The molecule has 0 spiro atoms. The van der Waals surface area contributed by atoms with Gasteiger partial charge >= 0.3 is 5.97 Å². The molecule has 2 heterocycles. The predicted molar refractivity (Wildman–Crippen MR) is 60.5 cm³/mol. The van der Waals surface area contributed by atoms with E-state index in [1.54, 1.807) is 31.5 Å².